The summed E-state index contributed by atoms with van der Waals surface area (Å²) in [5, 5.41) is 9.89. The van der Waals surface area contributed by atoms with E-state index < -0.39 is 0 Å². The first-order valence-corrected chi connectivity index (χ1v) is 3.56. The van der Waals surface area contributed by atoms with E-state index in [0.717, 1.165) is 6.42 Å². The Hall–Kier alpha value is 0.204. The van der Waals surface area contributed by atoms with Crippen LogP contribution in [-0.4, -0.2) is 25.2 Å². The molecule has 0 aromatic carbocycles. The monoisotopic (exact) mass is 245 g/mol. The van der Waals surface area contributed by atoms with Gasteiger partial charge in [-0.1, -0.05) is 0 Å². The summed E-state index contributed by atoms with van der Waals surface area (Å²) in [6.45, 7) is 0. The largest absolute Gasteiger partial charge is 0.542 e. The average molecular weight is 245 g/mol. The van der Waals surface area contributed by atoms with Gasteiger partial charge in [0, 0.05) is 39.1 Å². The second-order valence-electron chi connectivity index (χ2n) is 2.40. The molecule has 0 heterocycles. The van der Waals surface area contributed by atoms with Crippen molar-refractivity contribution in [3.8, 4) is 0 Å². The molecule has 0 rings (SSSR count). The molecule has 0 aliphatic heterocycles. The van der Waals surface area contributed by atoms with Crippen LogP contribution >= 0.6 is 0 Å². The van der Waals surface area contributed by atoms with E-state index in [-0.39, 0.29) is 44.6 Å². The summed E-state index contributed by atoms with van der Waals surface area (Å²) in [7, 11) is 1.78. The van der Waals surface area contributed by atoms with Gasteiger partial charge in [0.05, 0.1) is 5.84 Å². The fourth-order valence-electron chi connectivity index (χ4n) is 0.779. The third-order valence-electron chi connectivity index (χ3n) is 1.50. The minimum absolute atomic E-state index is 0. The zero-order valence-corrected chi connectivity index (χ0v) is 10.1. The van der Waals surface area contributed by atoms with Crippen LogP contribution in [0.5, 0.6) is 0 Å². The summed E-state index contributed by atoms with van der Waals surface area (Å²) < 4.78 is 0. The Balaban J connectivity index is 0. The SMILES string of the molecule is CNC(C[C-]=O)CCC(=N)N.[Y]. The molecule has 67 valence electrons. The first-order valence-electron chi connectivity index (χ1n) is 3.56. The molecule has 0 saturated heterocycles. The van der Waals surface area contributed by atoms with Crippen LogP contribution in [-0.2, 0) is 37.5 Å². The Morgan fingerprint density at radius 1 is 1.75 bits per heavy atom. The molecule has 0 fully saturated rings. The number of nitrogens with two attached hydrogens (primary N) is 1. The normalized spacial score (nSPS) is 11.4. The van der Waals surface area contributed by atoms with Gasteiger partial charge in [-0.25, -0.2) is 0 Å². The minimum Gasteiger partial charge on any atom is -0.542 e. The van der Waals surface area contributed by atoms with Gasteiger partial charge in [0.15, 0.2) is 0 Å². The number of carbonyl (C=O) groups excluding carboxylic acids is 1. The second-order valence-corrected chi connectivity index (χ2v) is 2.40. The van der Waals surface area contributed by atoms with E-state index in [2.05, 4.69) is 5.32 Å². The number of rotatable bonds is 6. The van der Waals surface area contributed by atoms with Crippen LogP contribution in [0.15, 0.2) is 0 Å². The van der Waals surface area contributed by atoms with Crippen LogP contribution in [0, 0.1) is 5.41 Å². The van der Waals surface area contributed by atoms with Gasteiger partial charge in [-0.2, -0.15) is 0 Å². The number of hydrogen-bond acceptors (Lipinski definition) is 3. The molecular weight excluding hydrogens is 231 g/mol. The molecule has 0 aliphatic carbocycles. The molecule has 0 amide bonds. The van der Waals surface area contributed by atoms with Crippen LogP contribution in [0.3, 0.4) is 0 Å². The molecule has 12 heavy (non-hydrogen) atoms. The van der Waals surface area contributed by atoms with E-state index in [1.165, 1.54) is 0 Å². The van der Waals surface area contributed by atoms with Gasteiger partial charge in [-0.3, -0.25) is 11.7 Å². The van der Waals surface area contributed by atoms with E-state index in [4.69, 9.17) is 11.1 Å². The van der Waals surface area contributed by atoms with Crippen molar-refractivity contribution in [3.05, 3.63) is 0 Å². The predicted octanol–water partition coefficient (Wildman–Crippen LogP) is -0.212. The van der Waals surface area contributed by atoms with Crippen LogP contribution in [0.1, 0.15) is 19.3 Å². The summed E-state index contributed by atoms with van der Waals surface area (Å²) >= 11 is 0. The molecule has 0 saturated carbocycles. The standard InChI is InChI=1S/C7H14N3O.Y/c1-10-6(4-5-11)2-3-7(8)9;/h6,10H,2-4H2,1H3,(H3,8,9);/q-1;. The zero-order chi connectivity index (χ0) is 8.69. The minimum atomic E-state index is 0. The van der Waals surface area contributed by atoms with Crippen molar-refractivity contribution in [3.63, 3.8) is 0 Å². The van der Waals surface area contributed by atoms with Gasteiger partial charge in [0.2, 0.25) is 0 Å². The van der Waals surface area contributed by atoms with Crippen molar-refractivity contribution in [2.75, 3.05) is 7.05 Å². The molecule has 0 spiro atoms. The van der Waals surface area contributed by atoms with Gasteiger partial charge < -0.3 is 15.8 Å². The molecule has 1 radical (unpaired) electrons. The van der Waals surface area contributed by atoms with Crippen molar-refractivity contribution in [2.24, 2.45) is 5.73 Å². The Morgan fingerprint density at radius 3 is 2.67 bits per heavy atom. The van der Waals surface area contributed by atoms with Gasteiger partial charge in [0.25, 0.3) is 0 Å². The molecule has 1 unspecified atom stereocenters. The Bertz CT molecular complexity index is 141. The summed E-state index contributed by atoms with van der Waals surface area (Å²) in [5.41, 5.74) is 5.15. The first-order chi connectivity index (χ1) is 5.20. The summed E-state index contributed by atoms with van der Waals surface area (Å²) in [5.74, 6) is 0.163. The Kier molecular flexibility index (Phi) is 11.4. The Labute approximate surface area is 98.0 Å². The van der Waals surface area contributed by atoms with Gasteiger partial charge in [0.1, 0.15) is 0 Å². The van der Waals surface area contributed by atoms with E-state index in [1.807, 2.05) is 6.29 Å². The van der Waals surface area contributed by atoms with Crippen molar-refractivity contribution >= 4 is 12.1 Å². The molecule has 0 aromatic heterocycles. The summed E-state index contributed by atoms with van der Waals surface area (Å²) in [6, 6.07) is 0.108. The van der Waals surface area contributed by atoms with Crippen molar-refractivity contribution in [1.82, 2.24) is 5.32 Å². The van der Waals surface area contributed by atoms with Crippen molar-refractivity contribution in [1.29, 1.82) is 5.41 Å². The maximum absolute atomic E-state index is 9.97. The van der Waals surface area contributed by atoms with Crippen molar-refractivity contribution < 1.29 is 37.5 Å². The van der Waals surface area contributed by atoms with Gasteiger partial charge in [-0.15, -0.1) is 6.42 Å². The number of nitrogens with one attached hydrogen (secondary N) is 2. The Morgan fingerprint density at radius 2 is 2.33 bits per heavy atom. The van der Waals surface area contributed by atoms with Crippen LogP contribution in [0.4, 0.5) is 0 Å². The number of hydrogen-bond donors (Lipinski definition) is 3. The smallest absolute Gasteiger partial charge is 0.0905 e. The molecule has 0 bridgehead atoms. The fraction of sp³-hybridized carbons (Fsp3) is 0.714. The maximum Gasteiger partial charge on any atom is 0.0905 e. The predicted molar refractivity (Wildman–Crippen MR) is 44.3 cm³/mol. The molecule has 4 nitrogen and oxygen atoms in total. The van der Waals surface area contributed by atoms with E-state index >= 15 is 0 Å². The van der Waals surface area contributed by atoms with Crippen LogP contribution < -0.4 is 11.1 Å². The fourth-order valence-corrected chi connectivity index (χ4v) is 0.779. The van der Waals surface area contributed by atoms with Gasteiger partial charge >= 0.3 is 0 Å². The van der Waals surface area contributed by atoms with Crippen LogP contribution in [0.25, 0.3) is 0 Å². The van der Waals surface area contributed by atoms with E-state index in [9.17, 15) is 4.79 Å². The maximum atomic E-state index is 9.97. The molecule has 4 N–H and O–H groups in total. The van der Waals surface area contributed by atoms with Gasteiger partial charge in [-0.05, 0) is 19.5 Å². The summed E-state index contributed by atoms with van der Waals surface area (Å²) in [6.07, 6.45) is 3.44. The first kappa shape index (κ1) is 14.7. The molecular formula is C7H14N3OY-. The molecule has 5 heteroatoms. The van der Waals surface area contributed by atoms with E-state index in [0.29, 0.717) is 12.8 Å². The second kappa shape index (κ2) is 9.29. The quantitative estimate of drug-likeness (QED) is 0.344. The third-order valence-corrected chi connectivity index (χ3v) is 1.50. The van der Waals surface area contributed by atoms with E-state index in [1.54, 1.807) is 7.05 Å². The average Bonchev–Trinajstić information content (AvgIpc) is 1.97. The molecule has 1 atom stereocenters. The third kappa shape index (κ3) is 8.30. The molecule has 0 aromatic rings. The zero-order valence-electron chi connectivity index (χ0n) is 7.26. The number of amidine groups is 1. The topological polar surface area (TPSA) is 79.0 Å². The molecule has 0 aliphatic rings. The van der Waals surface area contributed by atoms with Crippen LogP contribution in [0.2, 0.25) is 0 Å². The summed E-state index contributed by atoms with van der Waals surface area (Å²) in [4.78, 5) is 9.97. The van der Waals surface area contributed by atoms with Crippen molar-refractivity contribution in [2.45, 2.75) is 25.3 Å².